The molecule has 0 aliphatic rings. The lowest BCUT2D eigenvalue weighted by atomic mass is 10.1. The molecule has 0 radical (unpaired) electrons. The van der Waals surface area contributed by atoms with Gasteiger partial charge in [-0.1, -0.05) is 23.5 Å². The summed E-state index contributed by atoms with van der Waals surface area (Å²) < 4.78 is 5.77. The number of nitrogens with zero attached hydrogens (tertiary/aromatic N) is 5. The van der Waals surface area contributed by atoms with Crippen LogP contribution in [0, 0.1) is 0 Å². The van der Waals surface area contributed by atoms with Crippen LogP contribution in [0.2, 0.25) is 0 Å². The van der Waals surface area contributed by atoms with Crippen molar-refractivity contribution in [2.45, 2.75) is 19.9 Å². The number of carbonyl (C=O) groups is 1. The van der Waals surface area contributed by atoms with Crippen LogP contribution in [0.3, 0.4) is 0 Å². The smallest absolute Gasteiger partial charge is 0.319 e. The van der Waals surface area contributed by atoms with E-state index >= 15 is 0 Å². The minimum Gasteiger partial charge on any atom is -0.336 e. The van der Waals surface area contributed by atoms with Crippen molar-refractivity contribution in [1.82, 2.24) is 29.7 Å². The maximum atomic E-state index is 11.9. The van der Waals surface area contributed by atoms with E-state index in [-0.39, 0.29) is 6.03 Å². The van der Waals surface area contributed by atoms with E-state index in [0.29, 0.717) is 13.1 Å². The van der Waals surface area contributed by atoms with Crippen LogP contribution in [0.1, 0.15) is 12.7 Å². The van der Waals surface area contributed by atoms with E-state index in [2.05, 4.69) is 30.4 Å². The number of nitrogens with one attached hydrogen (secondary N) is 2. The van der Waals surface area contributed by atoms with Crippen LogP contribution in [-0.4, -0.2) is 36.9 Å². The van der Waals surface area contributed by atoms with Crippen LogP contribution in [0.5, 0.6) is 0 Å². The molecule has 2 amide bonds. The lowest BCUT2D eigenvalue weighted by Gasteiger charge is -2.09. The summed E-state index contributed by atoms with van der Waals surface area (Å²) in [6.07, 6.45) is 2.48. The number of aryl methyl sites for hydroxylation is 1. The Morgan fingerprint density at radius 3 is 2.79 bits per heavy atom. The van der Waals surface area contributed by atoms with Gasteiger partial charge in [0.05, 0.1) is 0 Å². The van der Waals surface area contributed by atoms with Crippen LogP contribution >= 0.6 is 11.5 Å². The summed E-state index contributed by atoms with van der Waals surface area (Å²) in [5.41, 5.74) is 2.52. The van der Waals surface area contributed by atoms with Gasteiger partial charge in [0.1, 0.15) is 17.8 Å². The number of benzene rings is 1. The number of hydrogen-bond acceptors (Lipinski definition) is 6. The Bertz CT molecular complexity index is 783. The van der Waals surface area contributed by atoms with Gasteiger partial charge in [0.25, 0.3) is 0 Å². The monoisotopic (exact) mass is 343 g/mol. The predicted octanol–water partition coefficient (Wildman–Crippen LogP) is 2.18. The van der Waals surface area contributed by atoms with Gasteiger partial charge in [0.2, 0.25) is 0 Å². The molecule has 0 saturated heterocycles. The summed E-state index contributed by atoms with van der Waals surface area (Å²) in [6.45, 7) is 3.16. The van der Waals surface area contributed by atoms with Crippen molar-refractivity contribution >= 4 is 23.3 Å². The van der Waals surface area contributed by atoms with Gasteiger partial charge in [-0.05, 0) is 23.7 Å². The number of anilines is 1. The molecule has 3 rings (SSSR count). The molecule has 0 fully saturated rings. The van der Waals surface area contributed by atoms with Crippen molar-refractivity contribution in [2.75, 3.05) is 11.9 Å². The Morgan fingerprint density at radius 1 is 1.25 bits per heavy atom. The summed E-state index contributed by atoms with van der Waals surface area (Å²) in [6, 6.07) is 7.23. The van der Waals surface area contributed by atoms with Gasteiger partial charge in [-0.3, -0.25) is 0 Å². The molecule has 0 atom stereocenters. The number of aromatic nitrogens is 5. The Morgan fingerprint density at radius 2 is 2.08 bits per heavy atom. The minimum atomic E-state index is -0.246. The molecule has 0 saturated carbocycles. The zero-order chi connectivity index (χ0) is 16.8. The fraction of sp³-hybridized carbons (Fsp3) is 0.267. The molecular weight excluding hydrogens is 326 g/mol. The van der Waals surface area contributed by atoms with Gasteiger partial charge < -0.3 is 15.2 Å². The zero-order valence-electron chi connectivity index (χ0n) is 13.1. The first-order valence-corrected chi connectivity index (χ1v) is 8.39. The van der Waals surface area contributed by atoms with Gasteiger partial charge in [0.15, 0.2) is 0 Å². The fourth-order valence-corrected chi connectivity index (χ4v) is 2.68. The van der Waals surface area contributed by atoms with E-state index in [1.54, 1.807) is 6.33 Å². The second-order valence-electron chi connectivity index (χ2n) is 5.04. The molecule has 124 valence electrons. The molecule has 8 nitrogen and oxygen atoms in total. The highest BCUT2D eigenvalue weighted by Crippen LogP contribution is 2.19. The molecule has 9 heteroatoms. The second kappa shape index (κ2) is 7.64. The van der Waals surface area contributed by atoms with Crippen LogP contribution in [-0.2, 0) is 13.0 Å². The SMILES string of the molecule is CCc1nncn1CCNC(=O)Nc1ccc(-c2csnn2)cc1. The van der Waals surface area contributed by atoms with E-state index in [4.69, 9.17) is 0 Å². The molecule has 0 spiro atoms. The van der Waals surface area contributed by atoms with Gasteiger partial charge in [-0.2, -0.15) is 0 Å². The molecule has 0 bridgehead atoms. The third kappa shape index (κ3) is 3.93. The first-order valence-electron chi connectivity index (χ1n) is 7.55. The molecule has 2 heterocycles. The molecule has 0 aliphatic carbocycles. The summed E-state index contributed by atoms with van der Waals surface area (Å²) >= 11 is 1.31. The van der Waals surface area contributed by atoms with Crippen LogP contribution < -0.4 is 10.6 Å². The molecule has 24 heavy (non-hydrogen) atoms. The predicted molar refractivity (Wildman–Crippen MR) is 91.8 cm³/mol. The minimum absolute atomic E-state index is 0.246. The van der Waals surface area contributed by atoms with Crippen LogP contribution in [0.4, 0.5) is 10.5 Å². The van der Waals surface area contributed by atoms with E-state index < -0.39 is 0 Å². The van der Waals surface area contributed by atoms with Crippen LogP contribution in [0.25, 0.3) is 11.3 Å². The van der Waals surface area contributed by atoms with Gasteiger partial charge in [-0.25, -0.2) is 4.79 Å². The maximum Gasteiger partial charge on any atom is 0.319 e. The Labute approximate surface area is 143 Å². The standard InChI is InChI=1S/C15H17N7OS/c1-2-14-20-17-10-22(14)8-7-16-15(23)18-12-5-3-11(4-6-12)13-9-24-21-19-13/h3-6,9-10H,2,7-8H2,1H3,(H2,16,18,23). The lowest BCUT2D eigenvalue weighted by molar-refractivity contribution is 0.251. The summed E-state index contributed by atoms with van der Waals surface area (Å²) in [7, 11) is 0. The molecule has 0 aliphatic heterocycles. The van der Waals surface area contributed by atoms with Crippen molar-refractivity contribution in [3.63, 3.8) is 0 Å². The summed E-state index contributed by atoms with van der Waals surface area (Å²) in [5, 5.41) is 19.4. The molecule has 3 aromatic rings. The molecule has 0 unspecified atom stereocenters. The first-order chi connectivity index (χ1) is 11.8. The van der Waals surface area contributed by atoms with Crippen molar-refractivity contribution in [1.29, 1.82) is 0 Å². The van der Waals surface area contributed by atoms with Gasteiger partial charge in [0, 0.05) is 36.1 Å². The number of amides is 2. The fourth-order valence-electron chi connectivity index (χ4n) is 2.22. The van der Waals surface area contributed by atoms with Gasteiger partial charge >= 0.3 is 6.03 Å². The Kier molecular flexibility index (Phi) is 5.12. The molecule has 1 aromatic carbocycles. The molecule has 2 aromatic heterocycles. The van der Waals surface area contributed by atoms with Gasteiger partial charge in [-0.15, -0.1) is 15.3 Å². The van der Waals surface area contributed by atoms with Crippen LogP contribution in [0.15, 0.2) is 36.0 Å². The average Bonchev–Trinajstić information content (AvgIpc) is 3.27. The number of rotatable bonds is 6. The highest BCUT2D eigenvalue weighted by molar-refractivity contribution is 7.03. The number of urea groups is 1. The molecular formula is C15H17N7OS. The van der Waals surface area contributed by atoms with Crippen molar-refractivity contribution in [2.24, 2.45) is 0 Å². The molecule has 2 N–H and O–H groups in total. The summed E-state index contributed by atoms with van der Waals surface area (Å²) in [4.78, 5) is 11.9. The highest BCUT2D eigenvalue weighted by atomic mass is 32.1. The van der Waals surface area contributed by atoms with Crippen molar-refractivity contribution in [3.05, 3.63) is 41.8 Å². The normalized spacial score (nSPS) is 10.5. The highest BCUT2D eigenvalue weighted by Gasteiger charge is 2.05. The van der Waals surface area contributed by atoms with E-state index in [0.717, 1.165) is 29.2 Å². The third-order valence-corrected chi connectivity index (χ3v) is 3.95. The number of hydrogen-bond donors (Lipinski definition) is 2. The van der Waals surface area contributed by atoms with E-state index in [1.807, 2.05) is 41.1 Å². The Balaban J connectivity index is 1.48. The van der Waals surface area contributed by atoms with E-state index in [1.165, 1.54) is 11.5 Å². The second-order valence-corrected chi connectivity index (χ2v) is 5.65. The third-order valence-electron chi connectivity index (χ3n) is 3.45. The largest absolute Gasteiger partial charge is 0.336 e. The number of carbonyl (C=O) groups excluding carboxylic acids is 1. The van der Waals surface area contributed by atoms with Crippen molar-refractivity contribution in [3.8, 4) is 11.3 Å². The maximum absolute atomic E-state index is 11.9. The van der Waals surface area contributed by atoms with E-state index in [9.17, 15) is 4.79 Å². The Hall–Kier alpha value is -2.81. The zero-order valence-corrected chi connectivity index (χ0v) is 14.0. The average molecular weight is 343 g/mol. The summed E-state index contributed by atoms with van der Waals surface area (Å²) in [5.74, 6) is 0.907. The quantitative estimate of drug-likeness (QED) is 0.715. The topological polar surface area (TPSA) is 97.6 Å². The lowest BCUT2D eigenvalue weighted by Crippen LogP contribution is -2.31. The van der Waals surface area contributed by atoms with Crippen molar-refractivity contribution < 1.29 is 4.79 Å². The first kappa shape index (κ1) is 16.1.